The Balaban J connectivity index is 1.48. The molecule has 1 fully saturated rings. The fraction of sp³-hybridized carbons (Fsp3) is 0.0938. The average molecular weight is 580 g/mol. The number of carbonyl (C=O) groups excluding carboxylic acids is 2. The van der Waals surface area contributed by atoms with Crippen LogP contribution in [0.4, 0.5) is 17.1 Å². The molecule has 4 aromatic rings. The van der Waals surface area contributed by atoms with Crippen molar-refractivity contribution in [2.24, 2.45) is 0 Å². The number of amides is 2. The predicted octanol–water partition coefficient (Wildman–Crippen LogP) is 6.32. The van der Waals surface area contributed by atoms with Gasteiger partial charge in [0, 0.05) is 12.1 Å². The molecule has 5 rings (SSSR count). The zero-order valence-corrected chi connectivity index (χ0v) is 23.3. The van der Waals surface area contributed by atoms with Crippen molar-refractivity contribution in [1.29, 1.82) is 0 Å². The number of hydrogen-bond donors (Lipinski definition) is 0. The summed E-state index contributed by atoms with van der Waals surface area (Å²) in [6, 6.07) is 29.0. The minimum absolute atomic E-state index is 0.00428. The van der Waals surface area contributed by atoms with E-state index in [2.05, 4.69) is 0 Å². The van der Waals surface area contributed by atoms with Crippen molar-refractivity contribution in [3.05, 3.63) is 130 Å². The van der Waals surface area contributed by atoms with Crippen LogP contribution in [0, 0.1) is 10.1 Å². The van der Waals surface area contributed by atoms with E-state index in [0.29, 0.717) is 35.0 Å². The fourth-order valence-electron chi connectivity index (χ4n) is 4.38. The van der Waals surface area contributed by atoms with Gasteiger partial charge in [-0.2, -0.15) is 0 Å². The number of non-ortho nitro benzene ring substituents is 1. The molecule has 210 valence electrons. The summed E-state index contributed by atoms with van der Waals surface area (Å²) >= 11 is 5.66. The lowest BCUT2D eigenvalue weighted by atomic mass is 10.0. The van der Waals surface area contributed by atoms with Crippen LogP contribution in [0.1, 0.15) is 18.1 Å². The van der Waals surface area contributed by atoms with Crippen LogP contribution < -0.4 is 19.3 Å². The highest BCUT2D eigenvalue weighted by molar-refractivity contribution is 7.81. The number of nitro groups is 1. The van der Waals surface area contributed by atoms with Crippen LogP contribution in [0.2, 0.25) is 0 Å². The van der Waals surface area contributed by atoms with E-state index in [1.54, 1.807) is 78.9 Å². The van der Waals surface area contributed by atoms with Crippen molar-refractivity contribution >= 4 is 52.3 Å². The maximum Gasteiger partial charge on any atom is 0.270 e. The van der Waals surface area contributed by atoms with Crippen LogP contribution in [-0.4, -0.2) is 28.5 Å². The van der Waals surface area contributed by atoms with E-state index in [4.69, 9.17) is 21.7 Å². The highest BCUT2D eigenvalue weighted by Crippen LogP contribution is 2.33. The van der Waals surface area contributed by atoms with E-state index in [9.17, 15) is 19.7 Å². The van der Waals surface area contributed by atoms with Crippen LogP contribution >= 0.6 is 12.2 Å². The molecule has 2 amide bonds. The summed E-state index contributed by atoms with van der Waals surface area (Å²) in [5.41, 5.74) is 2.29. The van der Waals surface area contributed by atoms with Crippen LogP contribution in [0.5, 0.6) is 11.5 Å². The molecule has 0 aromatic heterocycles. The van der Waals surface area contributed by atoms with Crippen LogP contribution in [-0.2, 0) is 16.2 Å². The van der Waals surface area contributed by atoms with Gasteiger partial charge in [0.2, 0.25) is 0 Å². The van der Waals surface area contributed by atoms with Crippen LogP contribution in [0.3, 0.4) is 0 Å². The SMILES string of the molecule is CCOc1cc(C=C2C(=O)N(c3ccccc3)C(=S)N(c3ccccc3)C2=O)ccc1OCc1ccc([N+](=O)[O-])cc1. The van der Waals surface area contributed by atoms with Gasteiger partial charge in [0.15, 0.2) is 16.6 Å². The van der Waals surface area contributed by atoms with Gasteiger partial charge in [-0.05, 0) is 84.9 Å². The summed E-state index contributed by atoms with van der Waals surface area (Å²) in [7, 11) is 0. The Labute approximate surface area is 247 Å². The number of rotatable bonds is 9. The van der Waals surface area contributed by atoms with Crippen molar-refractivity contribution in [2.75, 3.05) is 16.4 Å². The molecule has 0 bridgehead atoms. The number of para-hydroxylation sites is 2. The molecule has 1 aliphatic heterocycles. The third-order valence-corrected chi connectivity index (χ3v) is 6.76. The first kappa shape index (κ1) is 28.2. The largest absolute Gasteiger partial charge is 0.490 e. The first-order valence-electron chi connectivity index (χ1n) is 13.0. The van der Waals surface area contributed by atoms with Crippen LogP contribution in [0.15, 0.2) is 109 Å². The molecule has 0 spiro atoms. The van der Waals surface area contributed by atoms with Crippen molar-refractivity contribution in [1.82, 2.24) is 0 Å². The average Bonchev–Trinajstić information content (AvgIpc) is 3.00. The maximum absolute atomic E-state index is 13.8. The van der Waals surface area contributed by atoms with Gasteiger partial charge in [-0.3, -0.25) is 29.5 Å². The second-order valence-corrected chi connectivity index (χ2v) is 9.51. The zero-order valence-electron chi connectivity index (χ0n) is 22.5. The van der Waals surface area contributed by atoms with E-state index >= 15 is 0 Å². The highest BCUT2D eigenvalue weighted by atomic mass is 32.1. The standard InChI is InChI=1S/C32H25N3O6S/c1-2-40-29-20-23(15-18-28(29)41-21-22-13-16-26(17-14-22)35(38)39)19-27-30(36)33(24-9-5-3-6-10-24)32(42)34(31(27)37)25-11-7-4-8-12-25/h3-20H,2,21H2,1H3. The Kier molecular flexibility index (Phi) is 8.35. The Morgan fingerprint density at radius 1 is 0.786 bits per heavy atom. The summed E-state index contributed by atoms with van der Waals surface area (Å²) in [6.07, 6.45) is 1.51. The van der Waals surface area contributed by atoms with E-state index in [1.807, 2.05) is 19.1 Å². The van der Waals surface area contributed by atoms with E-state index in [1.165, 1.54) is 28.0 Å². The molecule has 0 saturated carbocycles. The number of nitrogens with zero attached hydrogens (tertiary/aromatic N) is 3. The number of hydrogen-bond acceptors (Lipinski definition) is 7. The molecule has 1 aliphatic rings. The normalized spacial score (nSPS) is 13.3. The number of anilines is 2. The van der Waals surface area contributed by atoms with Crippen molar-refractivity contribution in [3.63, 3.8) is 0 Å². The molecule has 9 nitrogen and oxygen atoms in total. The summed E-state index contributed by atoms with van der Waals surface area (Å²) in [5, 5.41) is 11.0. The van der Waals surface area contributed by atoms with Crippen LogP contribution in [0.25, 0.3) is 6.08 Å². The number of benzene rings is 4. The number of nitro benzene ring substituents is 1. The maximum atomic E-state index is 13.8. The van der Waals surface area contributed by atoms with Gasteiger partial charge >= 0.3 is 0 Å². The monoisotopic (exact) mass is 579 g/mol. The van der Waals surface area contributed by atoms with Gasteiger partial charge in [0.25, 0.3) is 17.5 Å². The lowest BCUT2D eigenvalue weighted by Gasteiger charge is -2.36. The fourth-order valence-corrected chi connectivity index (χ4v) is 4.76. The smallest absolute Gasteiger partial charge is 0.270 e. The summed E-state index contributed by atoms with van der Waals surface area (Å²) in [4.78, 5) is 40.7. The van der Waals surface area contributed by atoms with E-state index in [-0.39, 0.29) is 23.0 Å². The summed E-state index contributed by atoms with van der Waals surface area (Å²) in [5.74, 6) is -0.226. The third kappa shape index (κ3) is 5.89. The number of carbonyl (C=O) groups is 2. The molecule has 0 unspecified atom stereocenters. The van der Waals surface area contributed by atoms with Crippen molar-refractivity contribution in [2.45, 2.75) is 13.5 Å². The molecule has 1 heterocycles. The number of ether oxygens (including phenoxy) is 2. The topological polar surface area (TPSA) is 102 Å². The molecule has 42 heavy (non-hydrogen) atoms. The van der Waals surface area contributed by atoms with Gasteiger partial charge < -0.3 is 9.47 Å². The van der Waals surface area contributed by atoms with Gasteiger partial charge in [-0.25, -0.2) is 0 Å². The third-order valence-electron chi connectivity index (χ3n) is 6.40. The first-order chi connectivity index (χ1) is 20.4. The van der Waals surface area contributed by atoms with E-state index in [0.717, 1.165) is 5.56 Å². The lowest BCUT2D eigenvalue weighted by Crippen LogP contribution is -2.56. The Hall–Kier alpha value is -5.35. The Morgan fingerprint density at radius 3 is 1.88 bits per heavy atom. The quantitative estimate of drug-likeness (QED) is 0.0752. The summed E-state index contributed by atoms with van der Waals surface area (Å²) in [6.45, 7) is 2.34. The molecule has 0 radical (unpaired) electrons. The lowest BCUT2D eigenvalue weighted by molar-refractivity contribution is -0.384. The van der Waals surface area contributed by atoms with Crippen molar-refractivity contribution in [3.8, 4) is 11.5 Å². The molecule has 0 N–H and O–H groups in total. The molecular formula is C32H25N3O6S. The van der Waals surface area contributed by atoms with Gasteiger partial charge in [-0.1, -0.05) is 42.5 Å². The van der Waals surface area contributed by atoms with Gasteiger partial charge in [-0.15, -0.1) is 0 Å². The first-order valence-corrected chi connectivity index (χ1v) is 13.5. The van der Waals surface area contributed by atoms with E-state index < -0.39 is 16.7 Å². The molecular weight excluding hydrogens is 554 g/mol. The molecule has 1 saturated heterocycles. The summed E-state index contributed by atoms with van der Waals surface area (Å²) < 4.78 is 11.7. The predicted molar refractivity (Wildman–Crippen MR) is 163 cm³/mol. The Morgan fingerprint density at radius 2 is 1.36 bits per heavy atom. The minimum atomic E-state index is -0.542. The second-order valence-electron chi connectivity index (χ2n) is 9.14. The molecule has 0 aliphatic carbocycles. The molecule has 4 aromatic carbocycles. The zero-order chi connectivity index (χ0) is 29.6. The second kappa shape index (κ2) is 12.4. The Bertz CT molecular complexity index is 1610. The molecule has 0 atom stereocenters. The molecule has 10 heteroatoms. The van der Waals surface area contributed by atoms with Gasteiger partial charge in [0.1, 0.15) is 12.2 Å². The highest BCUT2D eigenvalue weighted by Gasteiger charge is 2.41. The van der Waals surface area contributed by atoms with Crippen molar-refractivity contribution < 1.29 is 24.0 Å². The van der Waals surface area contributed by atoms with Gasteiger partial charge in [0.05, 0.1) is 22.9 Å². The minimum Gasteiger partial charge on any atom is -0.490 e. The number of thiocarbonyl (C=S) groups is 1.